The molecule has 3 atom stereocenters. The molecular formula is C15H21N3O2. The Morgan fingerprint density at radius 2 is 2.40 bits per heavy atom. The van der Waals surface area contributed by atoms with Crippen LogP contribution in [0.4, 0.5) is 0 Å². The lowest BCUT2D eigenvalue weighted by atomic mass is 9.93. The molecule has 1 saturated heterocycles. The Morgan fingerprint density at radius 3 is 3.15 bits per heavy atom. The number of pyridine rings is 1. The molecule has 0 aromatic carbocycles. The number of fused-ring (bicyclic) bond motifs is 1. The molecule has 1 aromatic rings. The average molecular weight is 275 g/mol. The van der Waals surface area contributed by atoms with Crippen LogP contribution in [0.3, 0.4) is 0 Å². The molecule has 2 heterocycles. The fraction of sp³-hybridized carbons (Fsp3) is 0.600. The summed E-state index contributed by atoms with van der Waals surface area (Å²) in [7, 11) is 1.59. The lowest BCUT2D eigenvalue weighted by molar-refractivity contribution is -0.123. The van der Waals surface area contributed by atoms with Gasteiger partial charge in [-0.05, 0) is 36.8 Å². The van der Waals surface area contributed by atoms with Crippen LogP contribution in [0.5, 0.6) is 5.88 Å². The van der Waals surface area contributed by atoms with Gasteiger partial charge in [-0.3, -0.25) is 4.79 Å². The first kappa shape index (κ1) is 13.4. The predicted molar refractivity (Wildman–Crippen MR) is 75.3 cm³/mol. The summed E-state index contributed by atoms with van der Waals surface area (Å²) >= 11 is 0. The van der Waals surface area contributed by atoms with Gasteiger partial charge in [0.1, 0.15) is 0 Å². The second-order valence-corrected chi connectivity index (χ2v) is 5.67. The van der Waals surface area contributed by atoms with Crippen molar-refractivity contribution in [1.82, 2.24) is 15.6 Å². The predicted octanol–water partition coefficient (Wildman–Crippen LogP) is 1.09. The van der Waals surface area contributed by atoms with Gasteiger partial charge in [0, 0.05) is 18.8 Å². The van der Waals surface area contributed by atoms with Gasteiger partial charge in [-0.25, -0.2) is 4.98 Å². The van der Waals surface area contributed by atoms with Gasteiger partial charge in [0.25, 0.3) is 0 Å². The second kappa shape index (κ2) is 5.79. The van der Waals surface area contributed by atoms with Crippen molar-refractivity contribution in [2.45, 2.75) is 31.8 Å². The van der Waals surface area contributed by atoms with Crippen LogP contribution in [0, 0.1) is 11.8 Å². The average Bonchev–Trinajstić information content (AvgIpc) is 3.08. The fourth-order valence-electron chi connectivity index (χ4n) is 3.41. The third-order valence-corrected chi connectivity index (χ3v) is 4.50. The van der Waals surface area contributed by atoms with Crippen LogP contribution in [0.25, 0.3) is 0 Å². The van der Waals surface area contributed by atoms with Crippen molar-refractivity contribution in [2.75, 3.05) is 13.7 Å². The fourth-order valence-corrected chi connectivity index (χ4v) is 3.41. The number of ether oxygens (including phenoxy) is 1. The molecule has 1 aliphatic carbocycles. The SMILES string of the molecule is COc1ccc(CNC(=O)C2NCC3CCCC32)cn1. The zero-order valence-corrected chi connectivity index (χ0v) is 11.8. The van der Waals surface area contributed by atoms with Gasteiger partial charge >= 0.3 is 0 Å². The number of nitrogens with one attached hydrogen (secondary N) is 2. The molecule has 1 amide bonds. The molecule has 2 aliphatic rings. The van der Waals surface area contributed by atoms with Crippen LogP contribution >= 0.6 is 0 Å². The molecule has 1 saturated carbocycles. The summed E-state index contributed by atoms with van der Waals surface area (Å²) in [4.78, 5) is 16.4. The third-order valence-electron chi connectivity index (χ3n) is 4.50. The Morgan fingerprint density at radius 1 is 1.50 bits per heavy atom. The number of hydrogen-bond donors (Lipinski definition) is 2. The first-order valence-electron chi connectivity index (χ1n) is 7.28. The number of rotatable bonds is 4. The van der Waals surface area contributed by atoms with Gasteiger partial charge in [-0.1, -0.05) is 12.5 Å². The molecule has 0 bridgehead atoms. The number of aromatic nitrogens is 1. The minimum absolute atomic E-state index is 0.00583. The van der Waals surface area contributed by atoms with Crippen LogP contribution in [0.15, 0.2) is 18.3 Å². The highest BCUT2D eigenvalue weighted by molar-refractivity contribution is 5.82. The van der Waals surface area contributed by atoms with Gasteiger partial charge in [0.15, 0.2) is 0 Å². The van der Waals surface area contributed by atoms with Crippen molar-refractivity contribution in [3.05, 3.63) is 23.9 Å². The van der Waals surface area contributed by atoms with Crippen LogP contribution in [0.1, 0.15) is 24.8 Å². The highest BCUT2D eigenvalue weighted by Crippen LogP contribution is 2.37. The van der Waals surface area contributed by atoms with E-state index in [0.717, 1.165) is 12.1 Å². The number of nitrogens with zero attached hydrogens (tertiary/aromatic N) is 1. The molecule has 108 valence electrons. The molecule has 1 aliphatic heterocycles. The van der Waals surface area contributed by atoms with Crippen LogP contribution < -0.4 is 15.4 Å². The van der Waals surface area contributed by atoms with Gasteiger partial charge < -0.3 is 15.4 Å². The number of carbonyl (C=O) groups is 1. The molecule has 2 N–H and O–H groups in total. The van der Waals surface area contributed by atoms with Crippen LogP contribution in [-0.4, -0.2) is 30.6 Å². The highest BCUT2D eigenvalue weighted by Gasteiger charge is 2.42. The Hall–Kier alpha value is -1.62. The number of hydrogen-bond acceptors (Lipinski definition) is 4. The summed E-state index contributed by atoms with van der Waals surface area (Å²) in [5.74, 6) is 1.94. The molecule has 2 fully saturated rings. The highest BCUT2D eigenvalue weighted by atomic mass is 16.5. The maximum absolute atomic E-state index is 12.3. The van der Waals surface area contributed by atoms with Crippen molar-refractivity contribution in [3.8, 4) is 5.88 Å². The van der Waals surface area contributed by atoms with Crippen molar-refractivity contribution in [1.29, 1.82) is 0 Å². The molecule has 5 heteroatoms. The molecule has 20 heavy (non-hydrogen) atoms. The maximum Gasteiger partial charge on any atom is 0.237 e. The first-order chi connectivity index (χ1) is 9.78. The lowest BCUT2D eigenvalue weighted by Gasteiger charge is -2.17. The first-order valence-corrected chi connectivity index (χ1v) is 7.28. The van der Waals surface area contributed by atoms with Gasteiger partial charge in [-0.2, -0.15) is 0 Å². The van der Waals surface area contributed by atoms with E-state index >= 15 is 0 Å². The van der Waals surface area contributed by atoms with Crippen molar-refractivity contribution in [2.24, 2.45) is 11.8 Å². The summed E-state index contributed by atoms with van der Waals surface area (Å²) in [6, 6.07) is 3.73. The Bertz CT molecular complexity index is 475. The van der Waals surface area contributed by atoms with Gasteiger partial charge in [0.05, 0.1) is 13.2 Å². The molecule has 3 rings (SSSR count). The van der Waals surface area contributed by atoms with E-state index in [9.17, 15) is 4.79 Å². The summed E-state index contributed by atoms with van der Waals surface area (Å²) in [5, 5.41) is 6.37. The zero-order valence-electron chi connectivity index (χ0n) is 11.8. The number of methoxy groups -OCH3 is 1. The largest absolute Gasteiger partial charge is 0.481 e. The standard InChI is InChI=1S/C15H21N3O2/c1-20-13-6-5-10(7-16-13)8-18-15(19)14-12-4-2-3-11(12)9-17-14/h5-7,11-12,14,17H,2-4,8-9H2,1H3,(H,18,19). The minimum Gasteiger partial charge on any atom is -0.481 e. The molecule has 0 radical (unpaired) electrons. The quantitative estimate of drug-likeness (QED) is 0.863. The van der Waals surface area contributed by atoms with E-state index in [1.807, 2.05) is 12.1 Å². The lowest BCUT2D eigenvalue weighted by Crippen LogP contribution is -2.43. The minimum atomic E-state index is -0.00583. The summed E-state index contributed by atoms with van der Waals surface area (Å²) in [6.45, 7) is 1.51. The Kier molecular flexibility index (Phi) is 3.87. The zero-order chi connectivity index (χ0) is 13.9. The van der Waals surface area contributed by atoms with E-state index in [1.165, 1.54) is 19.3 Å². The van der Waals surface area contributed by atoms with Gasteiger partial charge in [0.2, 0.25) is 11.8 Å². The van der Waals surface area contributed by atoms with E-state index < -0.39 is 0 Å². The van der Waals surface area contributed by atoms with Crippen molar-refractivity contribution >= 4 is 5.91 Å². The topological polar surface area (TPSA) is 63.2 Å². The molecule has 3 unspecified atom stereocenters. The van der Waals surface area contributed by atoms with Crippen molar-refractivity contribution in [3.63, 3.8) is 0 Å². The summed E-state index contributed by atoms with van der Waals surface area (Å²) in [6.07, 6.45) is 5.45. The Balaban J connectivity index is 1.53. The van der Waals surface area contributed by atoms with Gasteiger partial charge in [-0.15, -0.1) is 0 Å². The third kappa shape index (κ3) is 2.63. The molecule has 1 aromatic heterocycles. The van der Waals surface area contributed by atoms with E-state index in [0.29, 0.717) is 24.3 Å². The molecule has 0 spiro atoms. The van der Waals surface area contributed by atoms with E-state index in [1.54, 1.807) is 13.3 Å². The number of carbonyl (C=O) groups excluding carboxylic acids is 1. The molecule has 5 nitrogen and oxygen atoms in total. The van der Waals surface area contributed by atoms with Crippen LogP contribution in [-0.2, 0) is 11.3 Å². The Labute approximate surface area is 119 Å². The van der Waals surface area contributed by atoms with Crippen LogP contribution in [0.2, 0.25) is 0 Å². The summed E-state index contributed by atoms with van der Waals surface area (Å²) in [5.41, 5.74) is 0.986. The molecular weight excluding hydrogens is 254 g/mol. The maximum atomic E-state index is 12.3. The van der Waals surface area contributed by atoms with E-state index in [-0.39, 0.29) is 11.9 Å². The van der Waals surface area contributed by atoms with E-state index in [2.05, 4.69) is 15.6 Å². The van der Waals surface area contributed by atoms with E-state index in [4.69, 9.17) is 4.74 Å². The monoisotopic (exact) mass is 275 g/mol. The van der Waals surface area contributed by atoms with Crippen molar-refractivity contribution < 1.29 is 9.53 Å². The smallest absolute Gasteiger partial charge is 0.237 e. The summed E-state index contributed by atoms with van der Waals surface area (Å²) < 4.78 is 5.01. The number of amides is 1. The second-order valence-electron chi connectivity index (χ2n) is 5.67. The normalized spacial score (nSPS) is 28.1.